The number of amides is 3. The topological polar surface area (TPSA) is 88.7 Å². The zero-order valence-corrected chi connectivity index (χ0v) is 20.9. The van der Waals surface area contributed by atoms with Crippen LogP contribution in [0.4, 0.5) is 13.6 Å². The molecule has 0 radical (unpaired) electrons. The van der Waals surface area contributed by atoms with E-state index in [1.807, 2.05) is 24.3 Å². The highest BCUT2D eigenvalue weighted by atomic mass is 19.1. The van der Waals surface area contributed by atoms with Crippen LogP contribution in [0.2, 0.25) is 0 Å². The highest BCUT2D eigenvalue weighted by Crippen LogP contribution is 2.46. The molecule has 3 aliphatic rings. The summed E-state index contributed by atoms with van der Waals surface area (Å²) in [5.41, 5.74) is 0.118. The van der Waals surface area contributed by atoms with Gasteiger partial charge in [-0.05, 0) is 49.3 Å². The van der Waals surface area contributed by atoms with Crippen molar-refractivity contribution in [3.63, 3.8) is 0 Å². The second kappa shape index (κ2) is 10.6. The Hall–Kier alpha value is -3.36. The summed E-state index contributed by atoms with van der Waals surface area (Å²) in [7, 11) is 1.32. The minimum atomic E-state index is -1.11. The zero-order valence-electron chi connectivity index (χ0n) is 20.9. The Morgan fingerprint density at radius 1 is 1.08 bits per heavy atom. The molecule has 3 N–H and O–H groups in total. The molecule has 37 heavy (non-hydrogen) atoms. The Balaban J connectivity index is 1.24. The molecule has 9 heteroatoms. The monoisotopic (exact) mass is 513 g/mol. The molecule has 2 saturated carbocycles. The van der Waals surface area contributed by atoms with Gasteiger partial charge < -0.3 is 25.4 Å². The van der Waals surface area contributed by atoms with E-state index in [1.165, 1.54) is 39.2 Å². The van der Waals surface area contributed by atoms with Crippen LogP contribution in [0.25, 0.3) is 0 Å². The third-order valence-electron chi connectivity index (χ3n) is 7.83. The predicted octanol–water partition coefficient (Wildman–Crippen LogP) is 4.50. The summed E-state index contributed by atoms with van der Waals surface area (Å²) in [5.74, 6) is -1.63. The maximum atomic E-state index is 14.7. The molecule has 0 spiro atoms. The summed E-state index contributed by atoms with van der Waals surface area (Å²) in [6.07, 6.45) is 7.71. The maximum absolute atomic E-state index is 14.7. The number of hydrogen-bond acceptors (Lipinski definition) is 4. The van der Waals surface area contributed by atoms with Gasteiger partial charge in [-0.2, -0.15) is 0 Å². The lowest BCUT2D eigenvalue weighted by molar-refractivity contribution is -0.120. The maximum Gasteiger partial charge on any atom is 0.316 e. The van der Waals surface area contributed by atoms with Gasteiger partial charge >= 0.3 is 6.03 Å². The van der Waals surface area contributed by atoms with E-state index in [2.05, 4.69) is 16.0 Å². The molecule has 198 valence electrons. The average Bonchev–Trinajstić information content (AvgIpc) is 3.60. The van der Waals surface area contributed by atoms with E-state index in [4.69, 9.17) is 9.47 Å². The van der Waals surface area contributed by atoms with E-state index in [0.717, 1.165) is 36.3 Å². The van der Waals surface area contributed by atoms with Crippen LogP contribution in [0.15, 0.2) is 36.4 Å². The Morgan fingerprint density at radius 3 is 2.49 bits per heavy atom. The highest BCUT2D eigenvalue weighted by molar-refractivity contribution is 5.90. The first-order valence-corrected chi connectivity index (χ1v) is 13.0. The summed E-state index contributed by atoms with van der Waals surface area (Å²) in [5, 5.41) is 8.24. The van der Waals surface area contributed by atoms with Gasteiger partial charge in [0.2, 0.25) is 5.91 Å². The van der Waals surface area contributed by atoms with Gasteiger partial charge in [0.1, 0.15) is 29.2 Å². The first-order valence-electron chi connectivity index (χ1n) is 13.0. The van der Waals surface area contributed by atoms with Crippen LogP contribution in [-0.2, 0) is 10.3 Å². The van der Waals surface area contributed by atoms with Gasteiger partial charge in [0.05, 0.1) is 19.3 Å². The Labute approximate surface area is 215 Å². The fraction of sp³-hybridized carbons (Fsp3) is 0.500. The Morgan fingerprint density at radius 2 is 1.81 bits per heavy atom. The van der Waals surface area contributed by atoms with Gasteiger partial charge in [-0.15, -0.1) is 0 Å². The van der Waals surface area contributed by atoms with Crippen molar-refractivity contribution in [3.05, 3.63) is 59.2 Å². The number of carbonyl (C=O) groups is 2. The molecule has 0 aromatic heterocycles. The van der Waals surface area contributed by atoms with Crippen molar-refractivity contribution in [2.45, 2.75) is 62.4 Å². The van der Waals surface area contributed by atoms with E-state index in [9.17, 15) is 18.4 Å². The zero-order chi connectivity index (χ0) is 26.0. The quantitative estimate of drug-likeness (QED) is 0.485. The van der Waals surface area contributed by atoms with E-state index >= 15 is 0 Å². The molecule has 3 fully saturated rings. The number of halogens is 2. The molecular formula is C28H33F2N3O4. The Bertz CT molecular complexity index is 1140. The van der Waals surface area contributed by atoms with Gasteiger partial charge in [0.25, 0.3) is 0 Å². The Kier molecular flexibility index (Phi) is 7.22. The van der Waals surface area contributed by atoms with Crippen LogP contribution < -0.4 is 25.4 Å². The minimum absolute atomic E-state index is 0.00939. The van der Waals surface area contributed by atoms with E-state index < -0.39 is 41.1 Å². The molecule has 7 nitrogen and oxygen atoms in total. The van der Waals surface area contributed by atoms with Gasteiger partial charge in [-0.1, -0.05) is 31.4 Å². The molecule has 5 rings (SSSR count). The van der Waals surface area contributed by atoms with Crippen molar-refractivity contribution in [3.8, 4) is 11.5 Å². The van der Waals surface area contributed by atoms with Crippen LogP contribution >= 0.6 is 0 Å². The normalized spacial score (nSPS) is 22.7. The molecule has 2 aromatic carbocycles. The van der Waals surface area contributed by atoms with Crippen LogP contribution in [0.3, 0.4) is 0 Å². The molecular weight excluding hydrogens is 480 g/mol. The number of nitrogens with one attached hydrogen (secondary N) is 3. The summed E-state index contributed by atoms with van der Waals surface area (Å²) >= 11 is 0. The van der Waals surface area contributed by atoms with Crippen LogP contribution in [0.5, 0.6) is 11.5 Å². The molecule has 2 atom stereocenters. The molecule has 2 aliphatic carbocycles. The third-order valence-corrected chi connectivity index (χ3v) is 7.83. The predicted molar refractivity (Wildman–Crippen MR) is 134 cm³/mol. The number of ether oxygens (including phenoxy) is 2. The number of methoxy groups -OCH3 is 1. The standard InChI is InChI=1S/C28H33F2N3O4/c1-36-20-13-22(29)24(23(30)14-20)21-15-31-26(34)25(21)32-27(35)33-28(10-11-28)18-8-5-9-19(12-18)37-16-17-6-3-2-4-7-17/h5,8-9,12-14,17,21,25H,2-4,6-7,10-11,15-16H2,1H3,(H,31,34)(H2,32,33,35)/t21-,25-/m0/s1. The van der Waals surface area contributed by atoms with E-state index in [0.29, 0.717) is 12.5 Å². The second-order valence-corrected chi connectivity index (χ2v) is 10.4. The lowest BCUT2D eigenvalue weighted by Gasteiger charge is -2.24. The minimum Gasteiger partial charge on any atom is -0.497 e. The summed E-state index contributed by atoms with van der Waals surface area (Å²) < 4.78 is 40.4. The third kappa shape index (κ3) is 5.50. The van der Waals surface area contributed by atoms with Crippen molar-refractivity contribution in [1.82, 2.24) is 16.0 Å². The van der Waals surface area contributed by atoms with Crippen molar-refractivity contribution in [2.24, 2.45) is 5.92 Å². The summed E-state index contributed by atoms with van der Waals surface area (Å²) in [4.78, 5) is 25.5. The fourth-order valence-electron chi connectivity index (χ4n) is 5.55. The summed E-state index contributed by atoms with van der Waals surface area (Å²) in [6.45, 7) is 0.705. The number of carbonyl (C=O) groups excluding carboxylic acids is 2. The highest BCUT2D eigenvalue weighted by Gasteiger charge is 2.47. The fourth-order valence-corrected chi connectivity index (χ4v) is 5.55. The van der Waals surface area contributed by atoms with E-state index in [1.54, 1.807) is 0 Å². The van der Waals surface area contributed by atoms with Gasteiger partial charge in [0, 0.05) is 30.2 Å². The SMILES string of the molecule is COc1cc(F)c([C@@H]2CNC(=O)[C@H]2NC(=O)NC2(c3cccc(OCC4CCCCC4)c3)CC2)c(F)c1. The van der Waals surface area contributed by atoms with Gasteiger partial charge in [-0.25, -0.2) is 13.6 Å². The molecule has 1 aliphatic heterocycles. The van der Waals surface area contributed by atoms with Crippen molar-refractivity contribution < 1.29 is 27.8 Å². The van der Waals surface area contributed by atoms with Crippen molar-refractivity contribution >= 4 is 11.9 Å². The molecule has 3 amide bonds. The number of rotatable bonds is 8. The van der Waals surface area contributed by atoms with E-state index in [-0.39, 0.29) is 17.9 Å². The number of hydrogen-bond donors (Lipinski definition) is 3. The first-order chi connectivity index (χ1) is 17.9. The molecule has 1 saturated heterocycles. The van der Waals surface area contributed by atoms with Crippen molar-refractivity contribution in [2.75, 3.05) is 20.3 Å². The molecule has 2 aromatic rings. The first kappa shape index (κ1) is 25.3. The van der Waals surface area contributed by atoms with Crippen molar-refractivity contribution in [1.29, 1.82) is 0 Å². The van der Waals surface area contributed by atoms with Crippen LogP contribution in [0, 0.1) is 17.6 Å². The molecule has 0 unspecified atom stereocenters. The lowest BCUT2D eigenvalue weighted by Crippen LogP contribution is -2.50. The largest absolute Gasteiger partial charge is 0.497 e. The van der Waals surface area contributed by atoms with Gasteiger partial charge in [-0.3, -0.25) is 4.79 Å². The van der Waals surface area contributed by atoms with Gasteiger partial charge in [0.15, 0.2) is 0 Å². The average molecular weight is 514 g/mol. The second-order valence-electron chi connectivity index (χ2n) is 10.4. The molecule has 0 bridgehead atoms. The number of benzene rings is 2. The van der Waals surface area contributed by atoms with Crippen LogP contribution in [0.1, 0.15) is 62.0 Å². The summed E-state index contributed by atoms with van der Waals surface area (Å²) in [6, 6.07) is 8.22. The number of urea groups is 1. The molecule has 1 heterocycles. The van der Waals surface area contributed by atoms with Crippen LogP contribution in [-0.4, -0.2) is 38.2 Å². The smallest absolute Gasteiger partial charge is 0.316 e. The lowest BCUT2D eigenvalue weighted by atomic mass is 9.90.